The fourth-order valence-electron chi connectivity index (χ4n) is 2.93. The van der Waals surface area contributed by atoms with Gasteiger partial charge in [-0.05, 0) is 50.4 Å². The van der Waals surface area contributed by atoms with E-state index < -0.39 is 0 Å². The summed E-state index contributed by atoms with van der Waals surface area (Å²) in [6.07, 6.45) is 6.58. The number of aromatic nitrogens is 3. The van der Waals surface area contributed by atoms with Gasteiger partial charge in [0.2, 0.25) is 0 Å². The first-order valence-corrected chi connectivity index (χ1v) is 7.39. The average Bonchev–Trinajstić information content (AvgIpc) is 2.79. The Hall–Kier alpha value is -1.42. The van der Waals surface area contributed by atoms with Gasteiger partial charge in [0.15, 0.2) is 5.65 Å². The third kappa shape index (κ3) is 2.63. The van der Waals surface area contributed by atoms with Gasteiger partial charge in [0, 0.05) is 19.2 Å². The number of nitrogens with zero attached hydrogens (tertiary/aromatic N) is 3. The minimum absolute atomic E-state index is 0.760. The summed E-state index contributed by atoms with van der Waals surface area (Å²) in [6.45, 7) is 5.58. The molecule has 1 aliphatic heterocycles. The van der Waals surface area contributed by atoms with Crippen LogP contribution < -0.4 is 5.32 Å². The lowest BCUT2D eigenvalue weighted by Crippen LogP contribution is -2.30. The molecule has 102 valence electrons. The number of nitrogens with one attached hydrogen (secondary N) is 1. The van der Waals surface area contributed by atoms with Crippen molar-refractivity contribution in [2.75, 3.05) is 13.1 Å². The van der Waals surface area contributed by atoms with Gasteiger partial charge in [0.1, 0.15) is 11.3 Å². The molecule has 0 atom stereocenters. The van der Waals surface area contributed by atoms with Crippen molar-refractivity contribution in [2.24, 2.45) is 5.92 Å². The van der Waals surface area contributed by atoms with Crippen molar-refractivity contribution in [3.05, 3.63) is 24.2 Å². The molecule has 0 unspecified atom stereocenters. The molecule has 0 spiro atoms. The van der Waals surface area contributed by atoms with Crippen molar-refractivity contribution in [1.29, 1.82) is 0 Å². The minimum Gasteiger partial charge on any atom is -0.317 e. The largest absolute Gasteiger partial charge is 0.317 e. The molecule has 1 saturated heterocycles. The number of hydrogen-bond acceptors (Lipinski definition) is 3. The summed E-state index contributed by atoms with van der Waals surface area (Å²) in [4.78, 5) is 9.29. The van der Waals surface area contributed by atoms with E-state index in [2.05, 4.69) is 27.9 Å². The van der Waals surface area contributed by atoms with Gasteiger partial charge in [0.25, 0.3) is 0 Å². The number of fused-ring (bicyclic) bond motifs is 1. The van der Waals surface area contributed by atoms with Crippen LogP contribution in [0.1, 0.15) is 32.0 Å². The highest BCUT2D eigenvalue weighted by Gasteiger charge is 2.18. The van der Waals surface area contributed by atoms with Crippen LogP contribution in [-0.2, 0) is 13.0 Å². The summed E-state index contributed by atoms with van der Waals surface area (Å²) in [5.74, 6) is 1.96. The summed E-state index contributed by atoms with van der Waals surface area (Å²) in [5, 5.41) is 3.43. The van der Waals surface area contributed by atoms with Crippen molar-refractivity contribution in [3.63, 3.8) is 0 Å². The Morgan fingerprint density at radius 1 is 1.37 bits per heavy atom. The van der Waals surface area contributed by atoms with Crippen molar-refractivity contribution in [2.45, 2.75) is 39.2 Å². The number of rotatable bonds is 4. The second-order valence-corrected chi connectivity index (χ2v) is 5.43. The van der Waals surface area contributed by atoms with E-state index in [-0.39, 0.29) is 0 Å². The summed E-state index contributed by atoms with van der Waals surface area (Å²) in [6, 6.07) is 4.04. The summed E-state index contributed by atoms with van der Waals surface area (Å²) in [5.41, 5.74) is 2.10. The van der Waals surface area contributed by atoms with Crippen molar-refractivity contribution >= 4 is 11.2 Å². The molecule has 1 N–H and O–H groups in total. The summed E-state index contributed by atoms with van der Waals surface area (Å²) >= 11 is 0. The predicted octanol–water partition coefficient (Wildman–Crippen LogP) is 2.38. The SMILES string of the molecule is CCCc1nc2cccnc2n1CC1CCNCC1. The van der Waals surface area contributed by atoms with Crippen LogP contribution in [-0.4, -0.2) is 27.6 Å². The Balaban J connectivity index is 1.92. The Morgan fingerprint density at radius 3 is 3.00 bits per heavy atom. The molecule has 0 bridgehead atoms. The highest BCUT2D eigenvalue weighted by molar-refractivity contribution is 5.71. The molecule has 1 aliphatic rings. The monoisotopic (exact) mass is 258 g/mol. The number of aryl methyl sites for hydroxylation is 1. The Morgan fingerprint density at radius 2 is 2.21 bits per heavy atom. The van der Waals surface area contributed by atoms with Crippen LogP contribution in [0.2, 0.25) is 0 Å². The van der Waals surface area contributed by atoms with Crippen molar-refractivity contribution in [1.82, 2.24) is 19.9 Å². The highest BCUT2D eigenvalue weighted by Crippen LogP contribution is 2.20. The van der Waals surface area contributed by atoms with E-state index in [9.17, 15) is 0 Å². The fourth-order valence-corrected chi connectivity index (χ4v) is 2.93. The second-order valence-electron chi connectivity index (χ2n) is 5.43. The maximum Gasteiger partial charge on any atom is 0.159 e. The molecule has 4 nitrogen and oxygen atoms in total. The summed E-state index contributed by atoms with van der Waals surface area (Å²) < 4.78 is 2.36. The van der Waals surface area contributed by atoms with E-state index in [1.165, 1.54) is 18.7 Å². The van der Waals surface area contributed by atoms with Gasteiger partial charge in [-0.2, -0.15) is 0 Å². The molecule has 0 radical (unpaired) electrons. The van der Waals surface area contributed by atoms with Crippen molar-refractivity contribution in [3.8, 4) is 0 Å². The molecule has 4 heteroatoms. The lowest BCUT2D eigenvalue weighted by Gasteiger charge is -2.23. The van der Waals surface area contributed by atoms with E-state index in [0.717, 1.165) is 49.6 Å². The first-order chi connectivity index (χ1) is 9.38. The quantitative estimate of drug-likeness (QED) is 0.915. The van der Waals surface area contributed by atoms with Gasteiger partial charge in [-0.25, -0.2) is 9.97 Å². The van der Waals surface area contributed by atoms with Crippen LogP contribution in [0.3, 0.4) is 0 Å². The van der Waals surface area contributed by atoms with E-state index in [1.807, 2.05) is 12.3 Å². The molecule has 0 saturated carbocycles. The molecule has 2 aromatic heterocycles. The van der Waals surface area contributed by atoms with Crippen LogP contribution in [0.25, 0.3) is 11.2 Å². The Kier molecular flexibility index (Phi) is 3.78. The molecule has 1 fully saturated rings. The lowest BCUT2D eigenvalue weighted by molar-refractivity contribution is 0.332. The van der Waals surface area contributed by atoms with Crippen LogP contribution in [0.15, 0.2) is 18.3 Å². The second kappa shape index (κ2) is 5.70. The van der Waals surface area contributed by atoms with Gasteiger partial charge in [0.05, 0.1) is 0 Å². The van der Waals surface area contributed by atoms with Crippen LogP contribution >= 0.6 is 0 Å². The zero-order valence-corrected chi connectivity index (χ0v) is 11.6. The van der Waals surface area contributed by atoms with Gasteiger partial charge >= 0.3 is 0 Å². The summed E-state index contributed by atoms with van der Waals surface area (Å²) in [7, 11) is 0. The topological polar surface area (TPSA) is 42.7 Å². The smallest absolute Gasteiger partial charge is 0.159 e. The van der Waals surface area contributed by atoms with Crippen LogP contribution in [0, 0.1) is 5.92 Å². The Labute approximate surface area is 114 Å². The number of imidazole rings is 1. The fraction of sp³-hybridized carbons (Fsp3) is 0.600. The van der Waals surface area contributed by atoms with Gasteiger partial charge in [-0.3, -0.25) is 0 Å². The Bertz CT molecular complexity index is 540. The number of pyridine rings is 1. The molecule has 0 aromatic carbocycles. The number of piperidine rings is 1. The van der Waals surface area contributed by atoms with E-state index in [4.69, 9.17) is 4.98 Å². The molecule has 0 amide bonds. The van der Waals surface area contributed by atoms with Gasteiger partial charge in [-0.15, -0.1) is 0 Å². The first-order valence-electron chi connectivity index (χ1n) is 7.39. The molecule has 2 aromatic rings. The van der Waals surface area contributed by atoms with E-state index >= 15 is 0 Å². The molecule has 3 rings (SSSR count). The van der Waals surface area contributed by atoms with Gasteiger partial charge < -0.3 is 9.88 Å². The van der Waals surface area contributed by atoms with Gasteiger partial charge in [-0.1, -0.05) is 6.92 Å². The third-order valence-electron chi connectivity index (χ3n) is 3.96. The molecular formula is C15H22N4. The zero-order chi connectivity index (χ0) is 13.1. The third-order valence-corrected chi connectivity index (χ3v) is 3.96. The maximum absolute atomic E-state index is 4.75. The molecule has 19 heavy (non-hydrogen) atoms. The predicted molar refractivity (Wildman–Crippen MR) is 77.1 cm³/mol. The highest BCUT2D eigenvalue weighted by atomic mass is 15.1. The molecular weight excluding hydrogens is 236 g/mol. The standard InChI is InChI=1S/C15H22N4/c1-2-4-14-18-13-5-3-8-17-15(13)19(14)11-12-6-9-16-10-7-12/h3,5,8,12,16H,2,4,6-7,9-11H2,1H3. The first kappa shape index (κ1) is 12.6. The maximum atomic E-state index is 4.75. The normalized spacial score (nSPS) is 17.1. The van der Waals surface area contributed by atoms with Crippen LogP contribution in [0.4, 0.5) is 0 Å². The minimum atomic E-state index is 0.760. The van der Waals surface area contributed by atoms with Crippen molar-refractivity contribution < 1.29 is 0 Å². The lowest BCUT2D eigenvalue weighted by atomic mass is 9.98. The zero-order valence-electron chi connectivity index (χ0n) is 11.6. The van der Waals surface area contributed by atoms with Crippen LogP contribution in [0.5, 0.6) is 0 Å². The molecule has 0 aliphatic carbocycles. The van der Waals surface area contributed by atoms with E-state index in [1.54, 1.807) is 0 Å². The van der Waals surface area contributed by atoms with E-state index in [0.29, 0.717) is 0 Å². The number of hydrogen-bond donors (Lipinski definition) is 1. The average molecular weight is 258 g/mol. The molecule has 3 heterocycles.